The Morgan fingerprint density at radius 3 is 1.27 bits per heavy atom. The van der Waals surface area contributed by atoms with Gasteiger partial charge in [0.15, 0.2) is 17.5 Å². The molecule has 4 heteroatoms. The summed E-state index contributed by atoms with van der Waals surface area (Å²) in [6.07, 6.45) is 0. The van der Waals surface area contributed by atoms with Crippen LogP contribution in [0, 0.1) is 0 Å². The summed E-state index contributed by atoms with van der Waals surface area (Å²) in [6.45, 7) is 0. The fraction of sp³-hybridized carbons (Fsp3) is 0. The summed E-state index contributed by atoms with van der Waals surface area (Å²) >= 11 is 0. The molecule has 9 aromatic carbocycles. The zero-order valence-corrected chi connectivity index (χ0v) is 32.1. The summed E-state index contributed by atoms with van der Waals surface area (Å²) < 4.78 is 0. The Kier molecular flexibility index (Phi) is 8.45. The summed E-state index contributed by atoms with van der Waals surface area (Å²) in [5.41, 5.74) is 15.7. The van der Waals surface area contributed by atoms with E-state index in [1.807, 2.05) is 60.7 Å². The number of para-hydroxylation sites is 1. The Balaban J connectivity index is 1.08. The first-order valence-electron chi connectivity index (χ1n) is 19.9. The quantitative estimate of drug-likeness (QED) is 0.155. The molecule has 4 nitrogen and oxygen atoms in total. The Bertz CT molecular complexity index is 3050. The highest BCUT2D eigenvalue weighted by atomic mass is 15.1. The lowest BCUT2D eigenvalue weighted by Crippen LogP contribution is -2.10. The van der Waals surface area contributed by atoms with Gasteiger partial charge < -0.3 is 4.90 Å². The van der Waals surface area contributed by atoms with Gasteiger partial charge in [-0.3, -0.25) is 0 Å². The molecule has 276 valence electrons. The van der Waals surface area contributed by atoms with E-state index < -0.39 is 0 Å². The van der Waals surface area contributed by atoms with E-state index in [2.05, 4.69) is 163 Å². The lowest BCUT2D eigenvalue weighted by atomic mass is 9.91. The van der Waals surface area contributed by atoms with Crippen LogP contribution >= 0.6 is 0 Å². The lowest BCUT2D eigenvalue weighted by molar-refractivity contribution is 1.07. The largest absolute Gasteiger partial charge is 0.310 e. The van der Waals surface area contributed by atoms with Gasteiger partial charge in [-0.05, 0) is 91.7 Å². The Morgan fingerprint density at radius 2 is 0.695 bits per heavy atom. The van der Waals surface area contributed by atoms with Gasteiger partial charge >= 0.3 is 0 Å². The lowest BCUT2D eigenvalue weighted by Gasteiger charge is -2.27. The van der Waals surface area contributed by atoms with Gasteiger partial charge in [-0.25, -0.2) is 15.0 Å². The van der Waals surface area contributed by atoms with E-state index in [-0.39, 0.29) is 0 Å². The van der Waals surface area contributed by atoms with Crippen LogP contribution in [-0.2, 0) is 0 Å². The molecule has 0 unspecified atom stereocenters. The van der Waals surface area contributed by atoms with Crippen molar-refractivity contribution in [1.82, 2.24) is 15.0 Å². The van der Waals surface area contributed by atoms with Crippen LogP contribution in [0.4, 0.5) is 17.1 Å². The minimum absolute atomic E-state index is 0.634. The molecule has 0 N–H and O–H groups in total. The maximum absolute atomic E-state index is 5.01. The van der Waals surface area contributed by atoms with Crippen molar-refractivity contribution in [2.45, 2.75) is 0 Å². The van der Waals surface area contributed by atoms with Gasteiger partial charge in [0.05, 0.1) is 0 Å². The van der Waals surface area contributed by atoms with Gasteiger partial charge in [-0.15, -0.1) is 0 Å². The molecule has 0 bridgehead atoms. The number of nitrogens with zero attached hydrogens (tertiary/aromatic N) is 4. The van der Waals surface area contributed by atoms with Gasteiger partial charge in [0.25, 0.3) is 0 Å². The predicted octanol–water partition coefficient (Wildman–Crippen LogP) is 14.5. The van der Waals surface area contributed by atoms with E-state index in [4.69, 9.17) is 15.0 Å². The van der Waals surface area contributed by atoms with Crippen molar-refractivity contribution in [3.8, 4) is 78.7 Å². The molecule has 0 radical (unpaired) electrons. The van der Waals surface area contributed by atoms with Crippen LogP contribution in [0.2, 0.25) is 0 Å². The molecule has 59 heavy (non-hydrogen) atoms. The molecule has 0 spiro atoms. The van der Waals surface area contributed by atoms with Crippen molar-refractivity contribution in [3.63, 3.8) is 0 Å². The second-order valence-electron chi connectivity index (χ2n) is 14.8. The van der Waals surface area contributed by atoms with Crippen LogP contribution in [0.25, 0.3) is 89.4 Å². The van der Waals surface area contributed by atoms with Crippen LogP contribution < -0.4 is 4.90 Å². The second-order valence-corrected chi connectivity index (χ2v) is 14.8. The third-order valence-corrected chi connectivity index (χ3v) is 11.2. The molecule has 0 fully saturated rings. The minimum Gasteiger partial charge on any atom is -0.310 e. The maximum atomic E-state index is 5.01. The number of benzene rings is 9. The van der Waals surface area contributed by atoms with E-state index in [9.17, 15) is 0 Å². The van der Waals surface area contributed by atoms with Crippen molar-refractivity contribution in [1.29, 1.82) is 0 Å². The van der Waals surface area contributed by atoms with Gasteiger partial charge in [0, 0.05) is 33.8 Å². The highest BCUT2D eigenvalue weighted by molar-refractivity contribution is 6.19. The fourth-order valence-electron chi connectivity index (χ4n) is 8.45. The Labute approximate surface area is 343 Å². The van der Waals surface area contributed by atoms with Crippen molar-refractivity contribution in [2.75, 3.05) is 4.90 Å². The monoisotopic (exact) mass is 752 g/mol. The van der Waals surface area contributed by atoms with Crippen molar-refractivity contribution in [2.24, 2.45) is 0 Å². The predicted molar refractivity (Wildman–Crippen MR) is 244 cm³/mol. The van der Waals surface area contributed by atoms with Gasteiger partial charge in [-0.1, -0.05) is 182 Å². The van der Waals surface area contributed by atoms with Crippen LogP contribution in [0.5, 0.6) is 0 Å². The molecule has 0 saturated carbocycles. The SMILES string of the molecule is c1ccc(-c2ccc(N(c3ccccc3)c3cc(-c4ccc(-c5nc(-c6ccccc6)nc(-c6ccccc6)n5)cc4)c4c(c3)-c3cccc5cccc-4c35)cc2)cc1. The van der Waals surface area contributed by atoms with Crippen LogP contribution in [-0.4, -0.2) is 15.0 Å². The van der Waals surface area contributed by atoms with Gasteiger partial charge in [0.2, 0.25) is 0 Å². The van der Waals surface area contributed by atoms with E-state index >= 15 is 0 Å². The third kappa shape index (κ3) is 6.24. The zero-order valence-electron chi connectivity index (χ0n) is 32.1. The smallest absolute Gasteiger partial charge is 0.164 e. The average Bonchev–Trinajstić information content (AvgIpc) is 3.65. The molecule has 0 amide bonds. The Hall–Kier alpha value is -7.95. The highest BCUT2D eigenvalue weighted by Gasteiger charge is 2.27. The first-order chi connectivity index (χ1) is 29.2. The molecule has 1 aliphatic carbocycles. The van der Waals surface area contributed by atoms with Crippen molar-refractivity contribution >= 4 is 27.8 Å². The first-order valence-corrected chi connectivity index (χ1v) is 19.9. The van der Waals surface area contributed by atoms with Crippen LogP contribution in [0.1, 0.15) is 0 Å². The van der Waals surface area contributed by atoms with Gasteiger partial charge in [0.1, 0.15) is 0 Å². The summed E-state index contributed by atoms with van der Waals surface area (Å²) in [5.74, 6) is 1.93. The Morgan fingerprint density at radius 1 is 0.271 bits per heavy atom. The van der Waals surface area contributed by atoms with Crippen molar-refractivity contribution < 1.29 is 0 Å². The topological polar surface area (TPSA) is 41.9 Å². The molecule has 0 atom stereocenters. The van der Waals surface area contributed by atoms with E-state index in [0.29, 0.717) is 17.5 Å². The summed E-state index contributed by atoms with van der Waals surface area (Å²) in [4.78, 5) is 17.3. The second kappa shape index (κ2) is 14.5. The molecule has 1 heterocycles. The summed E-state index contributed by atoms with van der Waals surface area (Å²) in [6, 6.07) is 77.1. The number of anilines is 3. The maximum Gasteiger partial charge on any atom is 0.164 e. The average molecular weight is 753 g/mol. The standard InChI is InChI=1S/C55H36N4/c1-5-15-37(16-6-1)38-31-33-45(34-32-38)59(44-23-11-4-12-24-44)46-35-49(52-48-26-14-22-40-21-13-25-47(51(40)48)50(52)36-46)39-27-29-43(30-28-39)55-57-53(41-17-7-2-8-18-41)56-54(58-55)42-19-9-3-10-20-42/h1-36H. The molecule has 10 aromatic rings. The van der Waals surface area contributed by atoms with Crippen LogP contribution in [0.3, 0.4) is 0 Å². The summed E-state index contributed by atoms with van der Waals surface area (Å²) in [5, 5.41) is 2.54. The van der Waals surface area contributed by atoms with Crippen LogP contribution in [0.15, 0.2) is 218 Å². The molecule has 11 rings (SSSR count). The highest BCUT2D eigenvalue weighted by Crippen LogP contribution is 2.53. The van der Waals surface area contributed by atoms with E-state index in [1.165, 1.54) is 49.7 Å². The summed E-state index contributed by atoms with van der Waals surface area (Å²) in [7, 11) is 0. The zero-order chi connectivity index (χ0) is 39.1. The number of hydrogen-bond acceptors (Lipinski definition) is 4. The fourth-order valence-corrected chi connectivity index (χ4v) is 8.45. The first kappa shape index (κ1) is 34.3. The normalized spacial score (nSPS) is 11.4. The van der Waals surface area contributed by atoms with Crippen molar-refractivity contribution in [3.05, 3.63) is 218 Å². The molecule has 1 aliphatic rings. The molecular formula is C55H36N4. The molecular weight excluding hydrogens is 717 g/mol. The number of aromatic nitrogens is 3. The number of rotatable bonds is 8. The third-order valence-electron chi connectivity index (χ3n) is 11.2. The molecule has 0 saturated heterocycles. The number of fused-ring (bicyclic) bond motifs is 3. The molecule has 0 aliphatic heterocycles. The van der Waals surface area contributed by atoms with E-state index in [0.717, 1.165) is 39.3 Å². The number of hydrogen-bond donors (Lipinski definition) is 0. The van der Waals surface area contributed by atoms with Gasteiger partial charge in [-0.2, -0.15) is 0 Å². The van der Waals surface area contributed by atoms with E-state index in [1.54, 1.807) is 0 Å². The molecule has 1 aromatic heterocycles. The minimum atomic E-state index is 0.634.